The van der Waals surface area contributed by atoms with Gasteiger partial charge in [0.05, 0.1) is 0 Å². The van der Waals surface area contributed by atoms with Gasteiger partial charge in [0.1, 0.15) is 0 Å². The molecular weight excluding hydrogens is 227 g/mol. The van der Waals surface area contributed by atoms with Crippen LogP contribution in [0.25, 0.3) is 5.57 Å². The molecule has 0 heterocycles. The van der Waals surface area contributed by atoms with Crippen LogP contribution in [0.1, 0.15) is 18.9 Å². The van der Waals surface area contributed by atoms with Crippen LogP contribution in [-0.4, -0.2) is 10.2 Å². The summed E-state index contributed by atoms with van der Waals surface area (Å²) in [6.07, 6.45) is 1.81. The number of halogens is 2. The Labute approximate surface area is 98.9 Å². The second-order valence-corrected chi connectivity index (χ2v) is 4.59. The molecule has 0 amide bonds. The highest BCUT2D eigenvalue weighted by atomic mass is 35.5. The van der Waals surface area contributed by atoms with E-state index < -0.39 is 10.9 Å². The smallest absolute Gasteiger partial charge is 0.195 e. The molecule has 0 aromatic heterocycles. The molecule has 0 aliphatic heterocycles. The summed E-state index contributed by atoms with van der Waals surface area (Å²) in [5, 5.41) is 7.84. The molecule has 1 aliphatic carbocycles. The molecule has 1 unspecified atom stereocenters. The van der Waals surface area contributed by atoms with Gasteiger partial charge < -0.3 is 5.11 Å². The van der Waals surface area contributed by atoms with Crippen LogP contribution in [-0.2, 0) is 0 Å². The third-order valence-corrected chi connectivity index (χ3v) is 2.94. The lowest BCUT2D eigenvalue weighted by Gasteiger charge is -2.26. The van der Waals surface area contributed by atoms with Crippen LogP contribution >= 0.6 is 11.6 Å². The first-order valence-corrected chi connectivity index (χ1v) is 5.42. The molecule has 1 N–H and O–H groups in total. The van der Waals surface area contributed by atoms with Crippen LogP contribution in [0.4, 0.5) is 4.39 Å². The Morgan fingerprint density at radius 1 is 1.31 bits per heavy atom. The van der Waals surface area contributed by atoms with E-state index >= 15 is 0 Å². The van der Waals surface area contributed by atoms with Gasteiger partial charge in [-0.3, -0.25) is 0 Å². The van der Waals surface area contributed by atoms with E-state index in [1.165, 1.54) is 0 Å². The molecule has 0 fully saturated rings. The van der Waals surface area contributed by atoms with Crippen molar-refractivity contribution in [3.05, 3.63) is 53.4 Å². The van der Waals surface area contributed by atoms with E-state index in [1.54, 1.807) is 13.0 Å². The molecule has 84 valence electrons. The summed E-state index contributed by atoms with van der Waals surface area (Å²) in [7, 11) is 0. The van der Waals surface area contributed by atoms with Crippen molar-refractivity contribution >= 4 is 17.2 Å². The first-order valence-electron chi connectivity index (χ1n) is 5.05. The maximum absolute atomic E-state index is 13.5. The number of alkyl halides is 1. The van der Waals surface area contributed by atoms with E-state index in [-0.39, 0.29) is 6.42 Å². The summed E-state index contributed by atoms with van der Waals surface area (Å²) in [5.74, 6) is -0.658. The molecular formula is C13H12ClFO. The molecule has 1 aliphatic rings. The quantitative estimate of drug-likeness (QED) is 0.741. The number of aliphatic hydroxyl groups is 1. The minimum Gasteiger partial charge on any atom is -0.369 e. The van der Waals surface area contributed by atoms with Crippen molar-refractivity contribution < 1.29 is 9.50 Å². The van der Waals surface area contributed by atoms with Gasteiger partial charge in [0.25, 0.3) is 0 Å². The Hall–Kier alpha value is -1.12. The van der Waals surface area contributed by atoms with Crippen molar-refractivity contribution in [1.29, 1.82) is 0 Å². The van der Waals surface area contributed by atoms with Crippen molar-refractivity contribution in [3.63, 3.8) is 0 Å². The molecule has 2 rings (SSSR count). The third kappa shape index (κ3) is 2.04. The van der Waals surface area contributed by atoms with Gasteiger partial charge >= 0.3 is 0 Å². The van der Waals surface area contributed by atoms with Gasteiger partial charge in [0.15, 0.2) is 10.9 Å². The molecule has 1 aromatic carbocycles. The van der Waals surface area contributed by atoms with Gasteiger partial charge in [-0.15, -0.1) is 0 Å². The van der Waals surface area contributed by atoms with E-state index in [1.807, 2.05) is 30.3 Å². The fourth-order valence-electron chi connectivity index (χ4n) is 1.85. The highest BCUT2D eigenvalue weighted by Crippen LogP contribution is 2.40. The molecule has 1 atom stereocenters. The van der Waals surface area contributed by atoms with E-state index in [0.717, 1.165) is 11.1 Å². The zero-order valence-electron chi connectivity index (χ0n) is 8.87. The largest absolute Gasteiger partial charge is 0.369 e. The van der Waals surface area contributed by atoms with Crippen LogP contribution < -0.4 is 0 Å². The molecule has 1 aromatic rings. The monoisotopic (exact) mass is 238 g/mol. The number of hydrogen-bond donors (Lipinski definition) is 1. The average Bonchev–Trinajstić information content (AvgIpc) is 2.26. The normalized spacial score (nSPS) is 25.6. The summed E-state index contributed by atoms with van der Waals surface area (Å²) in [4.78, 5) is 0. The molecule has 0 spiro atoms. The van der Waals surface area contributed by atoms with Gasteiger partial charge in [-0.2, -0.15) is 0 Å². The molecule has 0 saturated carbocycles. The van der Waals surface area contributed by atoms with Crippen LogP contribution in [0, 0.1) is 0 Å². The van der Waals surface area contributed by atoms with E-state index in [2.05, 4.69) is 0 Å². The lowest BCUT2D eigenvalue weighted by molar-refractivity contribution is 0.142. The topological polar surface area (TPSA) is 20.2 Å². The summed E-state index contributed by atoms with van der Waals surface area (Å²) < 4.78 is 13.5. The van der Waals surface area contributed by atoms with Gasteiger partial charge in [-0.05, 0) is 23.6 Å². The standard InChI is InChI=1S/C13H12ClFO/c1-9-7-11(8-13(14,16)12(9)15)10-5-3-2-4-6-10/h2-7,16H,8H2,1H3. The van der Waals surface area contributed by atoms with Gasteiger partial charge in [0.2, 0.25) is 0 Å². The van der Waals surface area contributed by atoms with E-state index in [4.69, 9.17) is 11.6 Å². The molecule has 16 heavy (non-hydrogen) atoms. The minimum atomic E-state index is -1.90. The second-order valence-electron chi connectivity index (χ2n) is 3.97. The van der Waals surface area contributed by atoms with Crippen molar-refractivity contribution in [3.8, 4) is 0 Å². The molecule has 3 heteroatoms. The Kier molecular flexibility index (Phi) is 2.87. The maximum Gasteiger partial charge on any atom is 0.195 e. The summed E-state index contributed by atoms with van der Waals surface area (Å²) in [6, 6.07) is 9.52. The predicted molar refractivity (Wildman–Crippen MR) is 63.6 cm³/mol. The zero-order chi connectivity index (χ0) is 11.8. The fraction of sp³-hybridized carbons (Fsp3) is 0.231. The van der Waals surface area contributed by atoms with Crippen LogP contribution in [0.3, 0.4) is 0 Å². The Balaban J connectivity index is 2.44. The summed E-state index contributed by atoms with van der Waals surface area (Å²) in [6.45, 7) is 1.60. The Morgan fingerprint density at radius 3 is 2.50 bits per heavy atom. The Bertz CT molecular complexity index is 460. The first-order chi connectivity index (χ1) is 7.50. The zero-order valence-corrected chi connectivity index (χ0v) is 9.63. The van der Waals surface area contributed by atoms with Crippen LogP contribution in [0.2, 0.25) is 0 Å². The second kappa shape index (κ2) is 4.04. The fourth-order valence-corrected chi connectivity index (χ4v) is 2.14. The molecule has 1 nitrogen and oxygen atoms in total. The molecule has 0 radical (unpaired) electrons. The average molecular weight is 239 g/mol. The molecule has 0 saturated heterocycles. The van der Waals surface area contributed by atoms with Gasteiger partial charge in [-0.1, -0.05) is 48.0 Å². The number of hydrogen-bond acceptors (Lipinski definition) is 1. The van der Waals surface area contributed by atoms with Crippen molar-refractivity contribution in [1.82, 2.24) is 0 Å². The predicted octanol–water partition coefficient (Wildman–Crippen LogP) is 3.64. The van der Waals surface area contributed by atoms with Crippen molar-refractivity contribution in [2.24, 2.45) is 0 Å². The maximum atomic E-state index is 13.5. The minimum absolute atomic E-state index is 0.0851. The summed E-state index contributed by atoms with van der Waals surface area (Å²) >= 11 is 5.74. The lowest BCUT2D eigenvalue weighted by atomic mass is 9.91. The Morgan fingerprint density at radius 2 is 1.94 bits per heavy atom. The lowest BCUT2D eigenvalue weighted by Crippen LogP contribution is -2.25. The number of rotatable bonds is 1. The van der Waals surface area contributed by atoms with Crippen molar-refractivity contribution in [2.75, 3.05) is 0 Å². The van der Waals surface area contributed by atoms with E-state index in [0.29, 0.717) is 5.57 Å². The highest BCUT2D eigenvalue weighted by molar-refractivity contribution is 6.25. The summed E-state index contributed by atoms with van der Waals surface area (Å²) in [5.41, 5.74) is 2.17. The third-order valence-electron chi connectivity index (χ3n) is 2.64. The van der Waals surface area contributed by atoms with Gasteiger partial charge in [0, 0.05) is 6.42 Å². The SMILES string of the molecule is CC1=C(F)C(O)(Cl)CC(c2ccccc2)=C1. The van der Waals surface area contributed by atoms with Crippen LogP contribution in [0.5, 0.6) is 0 Å². The first kappa shape index (κ1) is 11.4. The number of allylic oxidation sites excluding steroid dienone is 2. The van der Waals surface area contributed by atoms with Gasteiger partial charge in [-0.25, -0.2) is 4.39 Å². The van der Waals surface area contributed by atoms with Crippen molar-refractivity contribution in [2.45, 2.75) is 18.4 Å². The molecule has 0 bridgehead atoms. The van der Waals surface area contributed by atoms with Crippen LogP contribution in [0.15, 0.2) is 47.8 Å². The highest BCUT2D eigenvalue weighted by Gasteiger charge is 2.35. The number of benzene rings is 1. The van der Waals surface area contributed by atoms with E-state index in [9.17, 15) is 9.50 Å².